The van der Waals surface area contributed by atoms with E-state index in [-0.39, 0.29) is 16.6 Å². The number of aromatic nitrogens is 1. The van der Waals surface area contributed by atoms with Crippen LogP contribution in [0.3, 0.4) is 0 Å². The van der Waals surface area contributed by atoms with Gasteiger partial charge in [0, 0.05) is 24.2 Å². The first-order chi connectivity index (χ1) is 15.1. The van der Waals surface area contributed by atoms with Gasteiger partial charge in [-0.05, 0) is 73.9 Å². The van der Waals surface area contributed by atoms with Crippen LogP contribution in [0.25, 0.3) is 10.9 Å². The van der Waals surface area contributed by atoms with Gasteiger partial charge in [-0.15, -0.1) is 0 Å². The van der Waals surface area contributed by atoms with Crippen LogP contribution >= 0.6 is 11.8 Å². The van der Waals surface area contributed by atoms with E-state index in [1.54, 1.807) is 18.2 Å². The van der Waals surface area contributed by atoms with Crippen LogP contribution in [-0.2, 0) is 14.8 Å². The van der Waals surface area contributed by atoms with Gasteiger partial charge in [0.2, 0.25) is 15.9 Å². The van der Waals surface area contributed by atoms with Gasteiger partial charge >= 0.3 is 0 Å². The number of hydrogen-bond donors (Lipinski definition) is 1. The Morgan fingerprint density at radius 3 is 2.28 bits per heavy atom. The highest BCUT2D eigenvalue weighted by Crippen LogP contribution is 2.27. The van der Waals surface area contributed by atoms with E-state index in [2.05, 4.69) is 16.4 Å². The Kier molecular flexibility index (Phi) is 7.59. The highest BCUT2D eigenvalue weighted by Gasteiger charge is 2.22. The summed E-state index contributed by atoms with van der Waals surface area (Å²) in [6.07, 6.45) is 0. The Hall–Kier alpha value is -2.42. The van der Waals surface area contributed by atoms with E-state index in [9.17, 15) is 13.2 Å². The smallest absolute Gasteiger partial charge is 0.243 e. The fourth-order valence-electron chi connectivity index (χ4n) is 3.67. The average molecular weight is 472 g/mol. The predicted octanol–water partition coefficient (Wildman–Crippen LogP) is 4.92. The summed E-state index contributed by atoms with van der Waals surface area (Å²) in [5, 5.41) is 4.45. The summed E-state index contributed by atoms with van der Waals surface area (Å²) in [6.45, 7) is 10.4. The Balaban J connectivity index is 1.77. The van der Waals surface area contributed by atoms with E-state index in [1.165, 1.54) is 16.1 Å². The fourth-order valence-corrected chi connectivity index (χ4v) is 5.93. The highest BCUT2D eigenvalue weighted by molar-refractivity contribution is 7.99. The molecule has 0 fully saturated rings. The summed E-state index contributed by atoms with van der Waals surface area (Å²) < 4.78 is 27.1. The lowest BCUT2D eigenvalue weighted by molar-refractivity contribution is -0.113. The molecule has 32 heavy (non-hydrogen) atoms. The van der Waals surface area contributed by atoms with Crippen LogP contribution in [0.2, 0.25) is 0 Å². The largest absolute Gasteiger partial charge is 0.325 e. The standard InChI is InChI=1S/C24H29N3O3S2/c1-6-27(7-2)32(29,30)20-8-9-22-21(14-20)18(5)13-24(26-22)31-15-23(28)25-19-11-16(3)10-17(4)12-19/h8-14H,6-7,15H2,1-5H3,(H,25,28). The molecule has 1 heterocycles. The first-order valence-corrected chi connectivity index (χ1v) is 13.0. The van der Waals surface area contributed by atoms with Gasteiger partial charge < -0.3 is 5.32 Å². The Morgan fingerprint density at radius 2 is 1.66 bits per heavy atom. The second-order valence-electron chi connectivity index (χ2n) is 7.76. The number of carbonyl (C=O) groups is 1. The van der Waals surface area contributed by atoms with E-state index < -0.39 is 10.0 Å². The molecule has 0 saturated carbocycles. The molecule has 0 radical (unpaired) electrons. The van der Waals surface area contributed by atoms with Crippen molar-refractivity contribution in [1.29, 1.82) is 0 Å². The number of benzene rings is 2. The molecule has 6 nitrogen and oxygen atoms in total. The van der Waals surface area contributed by atoms with Crippen LogP contribution in [0, 0.1) is 20.8 Å². The molecule has 2 aromatic carbocycles. The molecule has 0 saturated heterocycles. The van der Waals surface area contributed by atoms with Crippen molar-refractivity contribution in [3.05, 3.63) is 59.2 Å². The first-order valence-electron chi connectivity index (χ1n) is 10.6. The van der Waals surface area contributed by atoms with Crippen LogP contribution in [0.5, 0.6) is 0 Å². The minimum Gasteiger partial charge on any atom is -0.325 e. The number of hydrogen-bond acceptors (Lipinski definition) is 5. The van der Waals surface area contributed by atoms with Crippen molar-refractivity contribution in [2.45, 2.75) is 44.5 Å². The number of aryl methyl sites for hydroxylation is 3. The number of thioether (sulfide) groups is 1. The molecule has 1 amide bonds. The molecule has 3 aromatic rings. The molecular formula is C24H29N3O3S2. The molecule has 8 heteroatoms. The summed E-state index contributed by atoms with van der Waals surface area (Å²) >= 11 is 1.36. The summed E-state index contributed by atoms with van der Waals surface area (Å²) in [7, 11) is -3.53. The third kappa shape index (κ3) is 5.49. The number of sulfonamides is 1. The molecule has 0 spiro atoms. The lowest BCUT2D eigenvalue weighted by Gasteiger charge is -2.19. The normalized spacial score (nSPS) is 11.8. The maximum absolute atomic E-state index is 12.8. The summed E-state index contributed by atoms with van der Waals surface area (Å²) in [6, 6.07) is 12.9. The van der Waals surface area contributed by atoms with E-state index in [0.717, 1.165) is 32.8 Å². The Labute approximate surface area is 194 Å². The van der Waals surface area contributed by atoms with E-state index in [1.807, 2.05) is 52.8 Å². The van der Waals surface area contributed by atoms with Crippen molar-refractivity contribution in [2.24, 2.45) is 0 Å². The number of carbonyl (C=O) groups excluding carboxylic acids is 1. The molecule has 1 N–H and O–H groups in total. The van der Waals surface area contributed by atoms with Crippen LogP contribution in [0.1, 0.15) is 30.5 Å². The van der Waals surface area contributed by atoms with Crippen LogP contribution in [0.4, 0.5) is 5.69 Å². The molecule has 0 aliphatic rings. The molecule has 0 aliphatic heterocycles. The maximum atomic E-state index is 12.8. The molecule has 0 atom stereocenters. The molecule has 0 bridgehead atoms. The second kappa shape index (κ2) is 10.0. The van der Waals surface area contributed by atoms with Gasteiger partial charge in [0.1, 0.15) is 0 Å². The van der Waals surface area contributed by atoms with Gasteiger partial charge in [-0.3, -0.25) is 4.79 Å². The quantitative estimate of drug-likeness (QED) is 0.472. The van der Waals surface area contributed by atoms with Crippen molar-refractivity contribution in [3.63, 3.8) is 0 Å². The molecular weight excluding hydrogens is 442 g/mol. The number of pyridine rings is 1. The minimum atomic E-state index is -3.53. The Bertz CT molecular complexity index is 1230. The van der Waals surface area contributed by atoms with Crippen LogP contribution < -0.4 is 5.32 Å². The average Bonchev–Trinajstić information content (AvgIpc) is 2.72. The zero-order valence-corrected chi connectivity index (χ0v) is 20.7. The molecule has 0 unspecified atom stereocenters. The summed E-state index contributed by atoms with van der Waals surface area (Å²) in [5.41, 5.74) is 4.62. The monoisotopic (exact) mass is 471 g/mol. The minimum absolute atomic E-state index is 0.0970. The van der Waals surface area contributed by atoms with Crippen LogP contribution in [0.15, 0.2) is 52.4 Å². The van der Waals surface area contributed by atoms with Crippen molar-refractivity contribution in [3.8, 4) is 0 Å². The van der Waals surface area contributed by atoms with Crippen LogP contribution in [-0.4, -0.2) is 42.5 Å². The summed E-state index contributed by atoms with van der Waals surface area (Å²) in [4.78, 5) is 17.3. The number of anilines is 1. The second-order valence-corrected chi connectivity index (χ2v) is 10.7. The number of rotatable bonds is 8. The van der Waals surface area contributed by atoms with Gasteiger partial charge in [-0.25, -0.2) is 13.4 Å². The van der Waals surface area contributed by atoms with E-state index in [4.69, 9.17) is 0 Å². The van der Waals surface area contributed by atoms with E-state index >= 15 is 0 Å². The zero-order chi connectivity index (χ0) is 23.5. The number of nitrogens with zero attached hydrogens (tertiary/aromatic N) is 2. The molecule has 3 rings (SSSR count). The highest BCUT2D eigenvalue weighted by atomic mass is 32.2. The third-order valence-corrected chi connectivity index (χ3v) is 8.12. The predicted molar refractivity (Wildman–Crippen MR) is 132 cm³/mol. The van der Waals surface area contributed by atoms with Gasteiger partial charge in [0.25, 0.3) is 0 Å². The third-order valence-electron chi connectivity index (χ3n) is 5.16. The molecule has 1 aromatic heterocycles. The first kappa shape index (κ1) is 24.2. The van der Waals surface area contributed by atoms with Gasteiger partial charge in [-0.1, -0.05) is 31.7 Å². The van der Waals surface area contributed by atoms with Crippen molar-refractivity contribution in [2.75, 3.05) is 24.2 Å². The van der Waals surface area contributed by atoms with Crippen molar-refractivity contribution >= 4 is 44.3 Å². The van der Waals surface area contributed by atoms with Crippen molar-refractivity contribution < 1.29 is 13.2 Å². The van der Waals surface area contributed by atoms with Crippen molar-refractivity contribution in [1.82, 2.24) is 9.29 Å². The van der Waals surface area contributed by atoms with E-state index in [0.29, 0.717) is 18.6 Å². The lowest BCUT2D eigenvalue weighted by Crippen LogP contribution is -2.30. The van der Waals surface area contributed by atoms with Gasteiger partial charge in [0.15, 0.2) is 0 Å². The topological polar surface area (TPSA) is 79.4 Å². The lowest BCUT2D eigenvalue weighted by atomic mass is 10.1. The molecule has 170 valence electrons. The van der Waals surface area contributed by atoms with Gasteiger partial charge in [-0.2, -0.15) is 4.31 Å². The number of nitrogens with one attached hydrogen (secondary N) is 1. The maximum Gasteiger partial charge on any atom is 0.243 e. The summed E-state index contributed by atoms with van der Waals surface area (Å²) in [5.74, 6) is 0.138. The molecule has 0 aliphatic carbocycles. The zero-order valence-electron chi connectivity index (χ0n) is 19.1. The SMILES string of the molecule is CCN(CC)S(=O)(=O)c1ccc2nc(SCC(=O)Nc3cc(C)cc(C)c3)cc(C)c2c1. The fraction of sp³-hybridized carbons (Fsp3) is 0.333. The van der Waals surface area contributed by atoms with Gasteiger partial charge in [0.05, 0.1) is 21.2 Å². The number of fused-ring (bicyclic) bond motifs is 1. The Morgan fingerprint density at radius 1 is 1.00 bits per heavy atom. The number of amides is 1.